The summed E-state index contributed by atoms with van der Waals surface area (Å²) in [5, 5.41) is 14.5. The van der Waals surface area contributed by atoms with E-state index in [4.69, 9.17) is 5.26 Å². The van der Waals surface area contributed by atoms with Crippen molar-refractivity contribution in [3.63, 3.8) is 0 Å². The Kier molecular flexibility index (Phi) is 5.79. The molecule has 1 fully saturated rings. The van der Waals surface area contributed by atoms with Crippen LogP contribution in [0, 0.1) is 17.2 Å². The van der Waals surface area contributed by atoms with Crippen LogP contribution >= 0.6 is 0 Å². The Morgan fingerprint density at radius 2 is 2.20 bits per heavy atom. The lowest BCUT2D eigenvalue weighted by atomic mass is 9.94. The zero-order valence-electron chi connectivity index (χ0n) is 9.09. The smallest absolute Gasteiger partial charge is 0.220 e. The predicted molar refractivity (Wildman–Crippen MR) is 58.1 cm³/mol. The number of nitriles is 1. The summed E-state index contributed by atoms with van der Waals surface area (Å²) in [5.74, 6) is 0.682. The van der Waals surface area contributed by atoms with Crippen LogP contribution in [0.5, 0.6) is 0 Å². The van der Waals surface area contributed by atoms with Gasteiger partial charge in [-0.15, -0.1) is 0 Å². The molecule has 1 aliphatic rings. The van der Waals surface area contributed by atoms with Crippen LogP contribution in [0.2, 0.25) is 0 Å². The molecule has 84 valence electrons. The molecule has 0 aromatic carbocycles. The number of unbranched alkanes of at least 4 members (excludes halogenated alkanes) is 1. The van der Waals surface area contributed by atoms with Gasteiger partial charge >= 0.3 is 0 Å². The molecule has 0 radical (unpaired) electrons. The van der Waals surface area contributed by atoms with Gasteiger partial charge in [0.2, 0.25) is 5.91 Å². The minimum absolute atomic E-state index is 0.139. The van der Waals surface area contributed by atoms with Crippen LogP contribution in [-0.2, 0) is 4.79 Å². The minimum atomic E-state index is 0.139. The van der Waals surface area contributed by atoms with E-state index in [1.165, 1.54) is 0 Å². The first-order valence-corrected chi connectivity index (χ1v) is 5.67. The summed E-state index contributed by atoms with van der Waals surface area (Å²) in [5.41, 5.74) is 0. The monoisotopic (exact) mass is 209 g/mol. The summed E-state index contributed by atoms with van der Waals surface area (Å²) < 4.78 is 0. The van der Waals surface area contributed by atoms with Crippen LogP contribution in [0.3, 0.4) is 0 Å². The molecule has 15 heavy (non-hydrogen) atoms. The zero-order chi connectivity index (χ0) is 10.9. The van der Waals surface area contributed by atoms with Crippen LogP contribution in [0.4, 0.5) is 0 Å². The van der Waals surface area contributed by atoms with E-state index < -0.39 is 0 Å². The highest BCUT2D eigenvalue weighted by atomic mass is 16.1. The molecule has 0 unspecified atom stereocenters. The molecule has 1 aliphatic heterocycles. The number of nitrogens with zero attached hydrogens (tertiary/aromatic N) is 1. The van der Waals surface area contributed by atoms with Crippen molar-refractivity contribution in [2.75, 3.05) is 19.6 Å². The molecule has 0 atom stereocenters. The van der Waals surface area contributed by atoms with Crippen LogP contribution in [0.25, 0.3) is 0 Å². The maximum atomic E-state index is 11.5. The molecule has 1 amide bonds. The average Bonchev–Trinajstić information content (AvgIpc) is 2.26. The second-order valence-electron chi connectivity index (χ2n) is 4.01. The minimum Gasteiger partial charge on any atom is -0.356 e. The highest BCUT2D eigenvalue weighted by Gasteiger charge is 2.16. The Hall–Kier alpha value is -1.08. The van der Waals surface area contributed by atoms with Crippen molar-refractivity contribution in [3.05, 3.63) is 0 Å². The Morgan fingerprint density at radius 3 is 2.87 bits per heavy atom. The van der Waals surface area contributed by atoms with Crippen LogP contribution in [0.1, 0.15) is 32.1 Å². The fourth-order valence-electron chi connectivity index (χ4n) is 1.82. The lowest BCUT2D eigenvalue weighted by molar-refractivity contribution is -0.122. The number of carbonyl (C=O) groups excluding carboxylic acids is 1. The van der Waals surface area contributed by atoms with Crippen molar-refractivity contribution in [3.8, 4) is 6.07 Å². The standard InChI is InChI=1S/C11H19N3O/c12-5-1-2-6-14-11(15)9-10-3-7-13-8-4-10/h10,13H,1-4,6-9H2,(H,14,15). The van der Waals surface area contributed by atoms with Crippen molar-refractivity contribution in [1.29, 1.82) is 5.26 Å². The Bertz CT molecular complexity index is 228. The summed E-state index contributed by atoms with van der Waals surface area (Å²) in [6.45, 7) is 2.70. The Balaban J connectivity index is 2.04. The summed E-state index contributed by atoms with van der Waals surface area (Å²) in [6, 6.07) is 2.06. The lowest BCUT2D eigenvalue weighted by Crippen LogP contribution is -2.32. The molecule has 0 aromatic heterocycles. The van der Waals surface area contributed by atoms with Gasteiger partial charge in [-0.25, -0.2) is 0 Å². The largest absolute Gasteiger partial charge is 0.356 e. The first-order valence-electron chi connectivity index (χ1n) is 5.67. The Morgan fingerprint density at radius 1 is 1.47 bits per heavy atom. The van der Waals surface area contributed by atoms with Gasteiger partial charge in [0.1, 0.15) is 0 Å². The highest BCUT2D eigenvalue weighted by molar-refractivity contribution is 5.76. The molecule has 0 bridgehead atoms. The molecule has 4 nitrogen and oxygen atoms in total. The molecule has 2 N–H and O–H groups in total. The van der Waals surface area contributed by atoms with Gasteiger partial charge < -0.3 is 10.6 Å². The third-order valence-corrected chi connectivity index (χ3v) is 2.72. The second kappa shape index (κ2) is 7.24. The quantitative estimate of drug-likeness (QED) is 0.658. The van der Waals surface area contributed by atoms with E-state index in [-0.39, 0.29) is 5.91 Å². The van der Waals surface area contributed by atoms with Gasteiger partial charge in [0.05, 0.1) is 6.07 Å². The van der Waals surface area contributed by atoms with Crippen molar-refractivity contribution in [2.24, 2.45) is 5.92 Å². The second-order valence-corrected chi connectivity index (χ2v) is 4.01. The van der Waals surface area contributed by atoms with E-state index >= 15 is 0 Å². The van der Waals surface area contributed by atoms with E-state index in [9.17, 15) is 4.79 Å². The lowest BCUT2D eigenvalue weighted by Gasteiger charge is -2.21. The number of rotatable bonds is 5. The van der Waals surface area contributed by atoms with Crippen molar-refractivity contribution < 1.29 is 4.79 Å². The van der Waals surface area contributed by atoms with Crippen molar-refractivity contribution in [1.82, 2.24) is 10.6 Å². The number of hydrogen-bond acceptors (Lipinski definition) is 3. The molecule has 1 heterocycles. The van der Waals surface area contributed by atoms with E-state index in [1.54, 1.807) is 0 Å². The molecule has 0 saturated carbocycles. The van der Waals surface area contributed by atoms with Gasteiger partial charge in [-0.1, -0.05) is 0 Å². The summed E-state index contributed by atoms with van der Waals surface area (Å²) in [7, 11) is 0. The van der Waals surface area contributed by atoms with Crippen molar-refractivity contribution in [2.45, 2.75) is 32.1 Å². The number of piperidine rings is 1. The van der Waals surface area contributed by atoms with Gasteiger partial charge in [0.25, 0.3) is 0 Å². The van der Waals surface area contributed by atoms with Crippen LogP contribution in [0.15, 0.2) is 0 Å². The SMILES string of the molecule is N#CCCCNC(=O)CC1CCNCC1. The van der Waals surface area contributed by atoms with E-state index in [1.807, 2.05) is 0 Å². The zero-order valence-corrected chi connectivity index (χ0v) is 9.09. The van der Waals surface area contributed by atoms with Gasteiger partial charge in [0, 0.05) is 19.4 Å². The number of amides is 1. The predicted octanol–water partition coefficient (Wildman–Crippen LogP) is 0.796. The fraction of sp³-hybridized carbons (Fsp3) is 0.818. The average molecular weight is 209 g/mol. The molecular formula is C11H19N3O. The van der Waals surface area contributed by atoms with E-state index in [2.05, 4.69) is 16.7 Å². The molecule has 1 rings (SSSR count). The first-order chi connectivity index (χ1) is 7.33. The number of carbonyl (C=O) groups is 1. The molecule has 4 heteroatoms. The third-order valence-electron chi connectivity index (χ3n) is 2.72. The van der Waals surface area contributed by atoms with Crippen molar-refractivity contribution >= 4 is 5.91 Å². The van der Waals surface area contributed by atoms with Gasteiger partial charge in [0.15, 0.2) is 0 Å². The molecule has 0 aliphatic carbocycles. The summed E-state index contributed by atoms with van der Waals surface area (Å²) in [6.07, 6.45) is 4.13. The first kappa shape index (κ1) is 12.0. The molecule has 0 spiro atoms. The summed E-state index contributed by atoms with van der Waals surface area (Å²) >= 11 is 0. The number of hydrogen-bond donors (Lipinski definition) is 2. The normalized spacial score (nSPS) is 17.0. The van der Waals surface area contributed by atoms with Crippen LogP contribution < -0.4 is 10.6 Å². The third kappa shape index (κ3) is 5.38. The topological polar surface area (TPSA) is 64.9 Å². The van der Waals surface area contributed by atoms with E-state index in [0.29, 0.717) is 25.3 Å². The van der Waals surface area contributed by atoms with Gasteiger partial charge in [-0.2, -0.15) is 5.26 Å². The number of nitrogens with one attached hydrogen (secondary N) is 2. The van der Waals surface area contributed by atoms with Crippen LogP contribution in [-0.4, -0.2) is 25.5 Å². The maximum Gasteiger partial charge on any atom is 0.220 e. The Labute approximate surface area is 91.0 Å². The van der Waals surface area contributed by atoms with E-state index in [0.717, 1.165) is 32.4 Å². The molecule has 1 saturated heterocycles. The fourth-order valence-corrected chi connectivity index (χ4v) is 1.82. The molecule has 0 aromatic rings. The maximum absolute atomic E-state index is 11.5. The van der Waals surface area contributed by atoms with Gasteiger partial charge in [-0.3, -0.25) is 4.79 Å². The summed E-state index contributed by atoms with van der Waals surface area (Å²) in [4.78, 5) is 11.5. The molecular weight excluding hydrogens is 190 g/mol. The van der Waals surface area contributed by atoms with Gasteiger partial charge in [-0.05, 0) is 38.3 Å². The highest BCUT2D eigenvalue weighted by Crippen LogP contribution is 2.15.